The first-order valence-electron chi connectivity index (χ1n) is 7.71. The Morgan fingerprint density at radius 2 is 1.91 bits per heavy atom. The van der Waals surface area contributed by atoms with Gasteiger partial charge in [0, 0.05) is 25.4 Å². The van der Waals surface area contributed by atoms with Crippen molar-refractivity contribution in [1.29, 1.82) is 0 Å². The Morgan fingerprint density at radius 3 is 2.57 bits per heavy atom. The summed E-state index contributed by atoms with van der Waals surface area (Å²) in [6, 6.07) is 6.22. The minimum atomic E-state index is -0.964. The molecule has 2 aliphatic rings. The maximum Gasteiger partial charge on any atom is 0.335 e. The highest BCUT2D eigenvalue weighted by Gasteiger charge is 2.44. The molecule has 0 bridgehead atoms. The molecule has 1 unspecified atom stereocenters. The van der Waals surface area contributed by atoms with Crippen LogP contribution in [0.5, 0.6) is 0 Å². The molecule has 1 aliphatic carbocycles. The van der Waals surface area contributed by atoms with Gasteiger partial charge in [0.15, 0.2) is 5.79 Å². The Morgan fingerprint density at radius 1 is 1.22 bits per heavy atom. The third-order valence-electron chi connectivity index (χ3n) is 4.23. The molecule has 1 aromatic carbocycles. The smallest absolute Gasteiger partial charge is 0.335 e. The average molecular weight is 320 g/mol. The van der Waals surface area contributed by atoms with Crippen molar-refractivity contribution in [3.05, 3.63) is 35.4 Å². The lowest BCUT2D eigenvalue weighted by atomic mass is 10.1. The quantitative estimate of drug-likeness (QED) is 0.781. The van der Waals surface area contributed by atoms with Crippen LogP contribution in [0, 0.1) is 0 Å². The molecule has 1 heterocycles. The second-order valence-electron chi connectivity index (χ2n) is 5.88. The fourth-order valence-corrected chi connectivity index (χ4v) is 3.04. The van der Waals surface area contributed by atoms with E-state index in [1.807, 2.05) is 0 Å². The van der Waals surface area contributed by atoms with Crippen molar-refractivity contribution in [1.82, 2.24) is 10.6 Å². The van der Waals surface area contributed by atoms with Gasteiger partial charge in [-0.15, -0.1) is 0 Å². The first-order valence-corrected chi connectivity index (χ1v) is 7.71. The molecule has 3 N–H and O–H groups in total. The standard InChI is InChI=1S/C16H20N2O5/c19-14(20)12-3-1-11(2-4-12)10-17-15(21)18-13-5-6-16(9-13)22-7-8-23-16/h1-4,13H,5-10H2,(H,19,20)(H2,17,18,21). The molecular formula is C16H20N2O5. The largest absolute Gasteiger partial charge is 0.478 e. The second kappa shape index (κ2) is 6.55. The molecule has 7 heteroatoms. The molecule has 0 aromatic heterocycles. The van der Waals surface area contributed by atoms with Crippen LogP contribution < -0.4 is 10.6 Å². The zero-order chi connectivity index (χ0) is 16.3. The highest BCUT2D eigenvalue weighted by Crippen LogP contribution is 2.37. The number of nitrogens with one attached hydrogen (secondary N) is 2. The van der Waals surface area contributed by atoms with Gasteiger partial charge in [-0.3, -0.25) is 0 Å². The van der Waals surface area contributed by atoms with Crippen molar-refractivity contribution >= 4 is 12.0 Å². The second-order valence-corrected chi connectivity index (χ2v) is 5.88. The van der Waals surface area contributed by atoms with Crippen LogP contribution in [0.15, 0.2) is 24.3 Å². The lowest BCUT2D eigenvalue weighted by molar-refractivity contribution is -0.151. The molecule has 23 heavy (non-hydrogen) atoms. The first kappa shape index (κ1) is 15.8. The SMILES string of the molecule is O=C(NCc1ccc(C(=O)O)cc1)NC1CCC2(C1)OCCO2. The van der Waals surface area contributed by atoms with E-state index in [1.54, 1.807) is 12.1 Å². The van der Waals surface area contributed by atoms with Crippen molar-refractivity contribution in [3.8, 4) is 0 Å². The number of urea groups is 1. The van der Waals surface area contributed by atoms with Gasteiger partial charge in [0.05, 0.1) is 18.8 Å². The molecule has 1 saturated heterocycles. The van der Waals surface area contributed by atoms with E-state index < -0.39 is 11.8 Å². The number of carboxylic acids is 1. The Hall–Kier alpha value is -2.12. The van der Waals surface area contributed by atoms with Crippen LogP contribution >= 0.6 is 0 Å². The van der Waals surface area contributed by atoms with Crippen LogP contribution in [0.2, 0.25) is 0 Å². The normalized spacial score (nSPS) is 22.2. The zero-order valence-electron chi connectivity index (χ0n) is 12.7. The predicted molar refractivity (Wildman–Crippen MR) is 81.0 cm³/mol. The molecule has 1 aromatic rings. The van der Waals surface area contributed by atoms with Gasteiger partial charge in [0.2, 0.25) is 0 Å². The average Bonchev–Trinajstić information content (AvgIpc) is 3.16. The van der Waals surface area contributed by atoms with Gasteiger partial charge >= 0.3 is 12.0 Å². The Labute approximate surface area is 134 Å². The summed E-state index contributed by atoms with van der Waals surface area (Å²) >= 11 is 0. The summed E-state index contributed by atoms with van der Waals surface area (Å²) in [7, 11) is 0. The molecule has 124 valence electrons. The maximum atomic E-state index is 12.0. The highest BCUT2D eigenvalue weighted by atomic mass is 16.7. The van der Waals surface area contributed by atoms with Crippen LogP contribution in [-0.2, 0) is 16.0 Å². The Kier molecular flexibility index (Phi) is 4.49. The number of hydrogen-bond donors (Lipinski definition) is 3. The van der Waals surface area contributed by atoms with Crippen molar-refractivity contribution in [3.63, 3.8) is 0 Å². The van der Waals surface area contributed by atoms with E-state index in [4.69, 9.17) is 14.6 Å². The molecule has 1 spiro atoms. The van der Waals surface area contributed by atoms with Crippen LogP contribution in [0.3, 0.4) is 0 Å². The number of hydrogen-bond acceptors (Lipinski definition) is 4. The van der Waals surface area contributed by atoms with E-state index in [0.717, 1.165) is 18.4 Å². The van der Waals surface area contributed by atoms with Crippen molar-refractivity contribution < 1.29 is 24.2 Å². The number of aromatic carboxylic acids is 1. The fraction of sp³-hybridized carbons (Fsp3) is 0.500. The first-order chi connectivity index (χ1) is 11.1. The van der Waals surface area contributed by atoms with Gasteiger partial charge in [0.25, 0.3) is 0 Å². The molecule has 1 saturated carbocycles. The van der Waals surface area contributed by atoms with Gasteiger partial charge < -0.3 is 25.2 Å². The summed E-state index contributed by atoms with van der Waals surface area (Å²) in [5, 5.41) is 14.5. The van der Waals surface area contributed by atoms with E-state index >= 15 is 0 Å². The number of rotatable bonds is 4. The summed E-state index contributed by atoms with van der Waals surface area (Å²) in [6.07, 6.45) is 2.31. The zero-order valence-corrected chi connectivity index (χ0v) is 12.7. The Bertz CT molecular complexity index is 581. The number of carbonyl (C=O) groups excluding carboxylic acids is 1. The molecular weight excluding hydrogens is 300 g/mol. The number of ether oxygens (including phenoxy) is 2. The number of amides is 2. The minimum absolute atomic E-state index is 0.0440. The van der Waals surface area contributed by atoms with E-state index in [2.05, 4.69) is 10.6 Å². The molecule has 1 aliphatic heterocycles. The predicted octanol–water partition coefficient (Wildman–Crippen LogP) is 1.48. The molecule has 3 rings (SSSR count). The van der Waals surface area contributed by atoms with Crippen LogP contribution in [0.4, 0.5) is 4.79 Å². The van der Waals surface area contributed by atoms with Crippen molar-refractivity contribution in [2.24, 2.45) is 0 Å². The Balaban J connectivity index is 1.44. The highest BCUT2D eigenvalue weighted by molar-refractivity contribution is 5.87. The summed E-state index contributed by atoms with van der Waals surface area (Å²) in [4.78, 5) is 22.7. The third-order valence-corrected chi connectivity index (χ3v) is 4.23. The molecule has 7 nitrogen and oxygen atoms in total. The monoisotopic (exact) mass is 320 g/mol. The summed E-state index contributed by atoms with van der Waals surface area (Å²) in [6.45, 7) is 1.58. The molecule has 2 fully saturated rings. The summed E-state index contributed by atoms with van der Waals surface area (Å²) in [5.74, 6) is -1.46. The summed E-state index contributed by atoms with van der Waals surface area (Å²) in [5.41, 5.74) is 1.07. The lowest BCUT2D eigenvalue weighted by Crippen LogP contribution is -2.42. The van der Waals surface area contributed by atoms with Gasteiger partial charge in [-0.25, -0.2) is 9.59 Å². The van der Waals surface area contributed by atoms with E-state index in [9.17, 15) is 9.59 Å². The third kappa shape index (κ3) is 3.80. The van der Waals surface area contributed by atoms with Crippen molar-refractivity contribution in [2.75, 3.05) is 13.2 Å². The number of carbonyl (C=O) groups is 2. The van der Waals surface area contributed by atoms with Gasteiger partial charge in [-0.2, -0.15) is 0 Å². The molecule has 2 amide bonds. The number of benzene rings is 1. The molecule has 1 atom stereocenters. The van der Waals surface area contributed by atoms with E-state index in [1.165, 1.54) is 12.1 Å². The van der Waals surface area contributed by atoms with Crippen LogP contribution in [0.1, 0.15) is 35.2 Å². The molecule has 0 radical (unpaired) electrons. The lowest BCUT2D eigenvalue weighted by Gasteiger charge is -2.21. The van der Waals surface area contributed by atoms with E-state index in [-0.39, 0.29) is 17.6 Å². The summed E-state index contributed by atoms with van der Waals surface area (Å²) < 4.78 is 11.3. The van der Waals surface area contributed by atoms with Gasteiger partial charge in [0.1, 0.15) is 0 Å². The van der Waals surface area contributed by atoms with Crippen LogP contribution in [-0.4, -0.2) is 42.1 Å². The van der Waals surface area contributed by atoms with Crippen LogP contribution in [0.25, 0.3) is 0 Å². The van der Waals surface area contributed by atoms with Crippen molar-refractivity contribution in [2.45, 2.75) is 37.6 Å². The van der Waals surface area contributed by atoms with Gasteiger partial charge in [-0.05, 0) is 24.1 Å². The fourth-order valence-electron chi connectivity index (χ4n) is 3.04. The topological polar surface area (TPSA) is 96.9 Å². The van der Waals surface area contributed by atoms with Gasteiger partial charge in [-0.1, -0.05) is 12.1 Å². The minimum Gasteiger partial charge on any atom is -0.478 e. The van der Waals surface area contributed by atoms with E-state index in [0.29, 0.717) is 26.2 Å². The maximum absolute atomic E-state index is 12.0. The number of carboxylic acid groups (broad SMARTS) is 1.